The molecule has 1 fully saturated rings. The van der Waals surface area contributed by atoms with Crippen molar-refractivity contribution < 1.29 is 9.59 Å². The van der Waals surface area contributed by atoms with Crippen molar-refractivity contribution in [1.29, 1.82) is 0 Å². The van der Waals surface area contributed by atoms with Crippen LogP contribution >= 0.6 is 0 Å². The van der Waals surface area contributed by atoms with Crippen LogP contribution in [0.5, 0.6) is 0 Å². The Hall–Kier alpha value is -2.93. The van der Waals surface area contributed by atoms with E-state index in [9.17, 15) is 9.59 Å². The summed E-state index contributed by atoms with van der Waals surface area (Å²) < 4.78 is 0. The number of benzene rings is 1. The number of carbonyl (C=O) groups is 2. The highest BCUT2D eigenvalue weighted by atomic mass is 16.2. The quantitative estimate of drug-likeness (QED) is 0.751. The average Bonchev–Trinajstić information content (AvgIpc) is 3.06. The van der Waals surface area contributed by atoms with E-state index >= 15 is 0 Å². The molecular weight excluding hydrogens is 378 g/mol. The Kier molecular flexibility index (Phi) is 5.99. The van der Waals surface area contributed by atoms with Crippen LogP contribution in [0.25, 0.3) is 0 Å². The van der Waals surface area contributed by atoms with Gasteiger partial charge in [0.05, 0.1) is 11.7 Å². The first-order valence-corrected chi connectivity index (χ1v) is 10.8. The molecule has 3 heterocycles. The fourth-order valence-electron chi connectivity index (χ4n) is 4.43. The second kappa shape index (κ2) is 8.83. The standard InChI is InChI=1S/C23H29N5O2/c1-3-27(4-2)15-16-9-7-13-20(24-16)26-23(30)25-18-11-8-10-17-21(18)19-12-5-6-14-28(19)22(17)29/h7-11,13,19H,3-6,12,14-15H2,1-2H3,(H2,24,25,26,30). The Morgan fingerprint density at radius 2 is 1.93 bits per heavy atom. The van der Waals surface area contributed by atoms with Crippen molar-refractivity contribution in [3.05, 3.63) is 53.2 Å². The van der Waals surface area contributed by atoms with Gasteiger partial charge in [0.25, 0.3) is 5.91 Å². The lowest BCUT2D eigenvalue weighted by Gasteiger charge is -2.30. The van der Waals surface area contributed by atoms with E-state index in [1.165, 1.54) is 0 Å². The van der Waals surface area contributed by atoms with Crippen molar-refractivity contribution in [1.82, 2.24) is 14.8 Å². The van der Waals surface area contributed by atoms with E-state index in [1.54, 1.807) is 6.07 Å². The predicted octanol–water partition coefficient (Wildman–Crippen LogP) is 4.25. The van der Waals surface area contributed by atoms with Crippen LogP contribution in [0.1, 0.15) is 60.8 Å². The lowest BCUT2D eigenvalue weighted by Crippen LogP contribution is -2.32. The van der Waals surface area contributed by atoms with Crippen LogP contribution in [0.4, 0.5) is 16.3 Å². The topological polar surface area (TPSA) is 77.6 Å². The van der Waals surface area contributed by atoms with Gasteiger partial charge in [0.2, 0.25) is 0 Å². The Bertz CT molecular complexity index is 941. The van der Waals surface area contributed by atoms with Crippen LogP contribution in [0, 0.1) is 0 Å². The minimum Gasteiger partial charge on any atom is -0.331 e. The summed E-state index contributed by atoms with van der Waals surface area (Å²) in [6.07, 6.45) is 3.07. The van der Waals surface area contributed by atoms with Crippen LogP contribution in [0.2, 0.25) is 0 Å². The van der Waals surface area contributed by atoms with E-state index < -0.39 is 0 Å². The van der Waals surface area contributed by atoms with Gasteiger partial charge in [-0.2, -0.15) is 0 Å². The molecule has 0 aliphatic carbocycles. The zero-order chi connectivity index (χ0) is 21.1. The number of hydrogen-bond donors (Lipinski definition) is 2. The number of nitrogens with one attached hydrogen (secondary N) is 2. The van der Waals surface area contributed by atoms with E-state index in [4.69, 9.17) is 0 Å². The van der Waals surface area contributed by atoms with Crippen LogP contribution in [0.3, 0.4) is 0 Å². The number of pyridine rings is 1. The van der Waals surface area contributed by atoms with Gasteiger partial charge < -0.3 is 10.2 Å². The summed E-state index contributed by atoms with van der Waals surface area (Å²) in [4.78, 5) is 34.2. The molecule has 0 bridgehead atoms. The lowest BCUT2D eigenvalue weighted by atomic mass is 9.96. The largest absolute Gasteiger partial charge is 0.331 e. The van der Waals surface area contributed by atoms with Gasteiger partial charge in [-0.3, -0.25) is 15.0 Å². The summed E-state index contributed by atoms with van der Waals surface area (Å²) in [6.45, 7) is 7.67. The van der Waals surface area contributed by atoms with Gasteiger partial charge in [0, 0.05) is 29.9 Å². The van der Waals surface area contributed by atoms with Crippen molar-refractivity contribution in [3.63, 3.8) is 0 Å². The molecule has 0 spiro atoms. The third-order valence-electron chi connectivity index (χ3n) is 6.01. The van der Waals surface area contributed by atoms with Gasteiger partial charge >= 0.3 is 6.03 Å². The molecule has 2 aliphatic heterocycles. The van der Waals surface area contributed by atoms with Crippen LogP contribution < -0.4 is 10.6 Å². The second-order valence-corrected chi connectivity index (χ2v) is 7.83. The third kappa shape index (κ3) is 4.03. The smallest absolute Gasteiger partial charge is 0.324 e. The van der Waals surface area contributed by atoms with Gasteiger partial charge in [0.15, 0.2) is 0 Å². The van der Waals surface area contributed by atoms with Crippen molar-refractivity contribution in [2.75, 3.05) is 30.3 Å². The number of aromatic nitrogens is 1. The Labute approximate surface area is 177 Å². The molecule has 2 aromatic rings. The number of urea groups is 1. The molecule has 1 aromatic carbocycles. The number of anilines is 2. The molecule has 0 saturated carbocycles. The molecule has 3 amide bonds. The number of piperidine rings is 1. The molecule has 4 rings (SSSR count). The van der Waals surface area contributed by atoms with Crippen molar-refractivity contribution in [2.45, 2.75) is 45.7 Å². The maximum atomic E-state index is 12.7. The fraction of sp³-hybridized carbons (Fsp3) is 0.435. The third-order valence-corrected chi connectivity index (χ3v) is 6.01. The van der Waals surface area contributed by atoms with Crippen LogP contribution in [0.15, 0.2) is 36.4 Å². The van der Waals surface area contributed by atoms with E-state index in [1.807, 2.05) is 35.2 Å². The van der Waals surface area contributed by atoms with E-state index in [2.05, 4.69) is 34.4 Å². The van der Waals surface area contributed by atoms with Gasteiger partial charge in [-0.25, -0.2) is 9.78 Å². The zero-order valence-corrected chi connectivity index (χ0v) is 17.6. The van der Waals surface area contributed by atoms with Crippen molar-refractivity contribution in [2.24, 2.45) is 0 Å². The highest BCUT2D eigenvalue weighted by Crippen LogP contribution is 2.43. The second-order valence-electron chi connectivity index (χ2n) is 7.83. The molecule has 7 heteroatoms. The number of rotatable bonds is 6. The van der Waals surface area contributed by atoms with Gasteiger partial charge in [-0.1, -0.05) is 26.0 Å². The molecule has 30 heavy (non-hydrogen) atoms. The average molecular weight is 408 g/mol. The molecule has 0 radical (unpaired) electrons. The molecule has 1 atom stereocenters. The molecule has 1 unspecified atom stereocenters. The summed E-state index contributed by atoms with van der Waals surface area (Å²) in [7, 11) is 0. The molecule has 7 nitrogen and oxygen atoms in total. The maximum absolute atomic E-state index is 12.7. The highest BCUT2D eigenvalue weighted by molar-refractivity contribution is 6.04. The Morgan fingerprint density at radius 3 is 2.73 bits per heavy atom. The number of hydrogen-bond acceptors (Lipinski definition) is 4. The molecule has 1 aromatic heterocycles. The first-order chi connectivity index (χ1) is 14.6. The SMILES string of the molecule is CCN(CC)Cc1cccc(NC(=O)Nc2cccc3c2C2CCCCN2C3=O)n1. The maximum Gasteiger partial charge on any atom is 0.324 e. The van der Waals surface area contributed by atoms with Crippen LogP contribution in [-0.2, 0) is 6.54 Å². The van der Waals surface area contributed by atoms with Crippen LogP contribution in [-0.4, -0.2) is 46.4 Å². The minimum absolute atomic E-state index is 0.0632. The number of amides is 3. The summed E-state index contributed by atoms with van der Waals surface area (Å²) in [6, 6.07) is 10.9. The summed E-state index contributed by atoms with van der Waals surface area (Å²) in [5.74, 6) is 0.588. The molecular formula is C23H29N5O2. The van der Waals surface area contributed by atoms with Crippen molar-refractivity contribution in [3.8, 4) is 0 Å². The minimum atomic E-state index is -0.349. The first-order valence-electron chi connectivity index (χ1n) is 10.8. The summed E-state index contributed by atoms with van der Waals surface area (Å²) >= 11 is 0. The number of carbonyl (C=O) groups excluding carboxylic acids is 2. The normalized spacial score (nSPS) is 17.6. The zero-order valence-electron chi connectivity index (χ0n) is 17.6. The van der Waals surface area contributed by atoms with Crippen molar-refractivity contribution >= 4 is 23.4 Å². The Morgan fingerprint density at radius 1 is 1.13 bits per heavy atom. The molecule has 1 saturated heterocycles. The summed E-state index contributed by atoms with van der Waals surface area (Å²) in [5.41, 5.74) is 3.27. The van der Waals surface area contributed by atoms with E-state index in [0.717, 1.165) is 56.7 Å². The monoisotopic (exact) mass is 407 g/mol. The lowest BCUT2D eigenvalue weighted by molar-refractivity contribution is 0.0672. The number of fused-ring (bicyclic) bond motifs is 3. The molecule has 2 N–H and O–H groups in total. The highest BCUT2D eigenvalue weighted by Gasteiger charge is 2.39. The summed E-state index contributed by atoms with van der Waals surface area (Å²) in [5, 5.41) is 5.78. The van der Waals surface area contributed by atoms with Gasteiger partial charge in [0.1, 0.15) is 5.82 Å². The number of nitrogens with zero attached hydrogens (tertiary/aromatic N) is 3. The molecule has 2 aliphatic rings. The predicted molar refractivity (Wildman–Crippen MR) is 118 cm³/mol. The molecule has 158 valence electrons. The van der Waals surface area contributed by atoms with Gasteiger partial charge in [-0.15, -0.1) is 0 Å². The van der Waals surface area contributed by atoms with E-state index in [0.29, 0.717) is 17.1 Å². The van der Waals surface area contributed by atoms with Gasteiger partial charge in [-0.05, 0) is 56.6 Å². The Balaban J connectivity index is 1.48. The fourth-order valence-corrected chi connectivity index (χ4v) is 4.43. The van der Waals surface area contributed by atoms with E-state index in [-0.39, 0.29) is 18.0 Å². The first kappa shape index (κ1) is 20.3.